The number of phenolic OH excluding ortho intramolecular Hbond substituents is 1. The SMILES string of the molecule is CC(NCC(C)(C)C#N)c1ccc2ccccc2c1O. The number of benzene rings is 2. The first kappa shape index (κ1) is 14.4. The van der Waals surface area contributed by atoms with Crippen LogP contribution in [-0.2, 0) is 0 Å². The summed E-state index contributed by atoms with van der Waals surface area (Å²) >= 11 is 0. The monoisotopic (exact) mass is 268 g/mol. The van der Waals surface area contributed by atoms with E-state index < -0.39 is 5.41 Å². The highest BCUT2D eigenvalue weighted by molar-refractivity contribution is 5.89. The van der Waals surface area contributed by atoms with Crippen molar-refractivity contribution in [1.82, 2.24) is 5.32 Å². The van der Waals surface area contributed by atoms with Crippen LogP contribution in [0.4, 0.5) is 0 Å². The Bertz CT molecular complexity index is 656. The number of hydrogen-bond acceptors (Lipinski definition) is 3. The first-order valence-corrected chi connectivity index (χ1v) is 6.80. The van der Waals surface area contributed by atoms with Gasteiger partial charge in [-0.25, -0.2) is 0 Å². The minimum absolute atomic E-state index is 0.00719. The van der Waals surface area contributed by atoms with Crippen molar-refractivity contribution in [3.05, 3.63) is 42.0 Å². The highest BCUT2D eigenvalue weighted by Gasteiger charge is 2.19. The van der Waals surface area contributed by atoms with E-state index in [2.05, 4.69) is 11.4 Å². The normalized spacial score (nSPS) is 13.1. The predicted octanol–water partition coefficient (Wildman–Crippen LogP) is 3.75. The van der Waals surface area contributed by atoms with E-state index in [0.29, 0.717) is 12.3 Å². The molecule has 2 aromatic rings. The van der Waals surface area contributed by atoms with Crippen molar-refractivity contribution in [2.75, 3.05) is 6.54 Å². The molecular formula is C17H20N2O. The van der Waals surface area contributed by atoms with Gasteiger partial charge in [-0.05, 0) is 26.2 Å². The fourth-order valence-corrected chi connectivity index (χ4v) is 2.18. The van der Waals surface area contributed by atoms with E-state index in [0.717, 1.165) is 16.3 Å². The summed E-state index contributed by atoms with van der Waals surface area (Å²) in [4.78, 5) is 0. The molecule has 1 unspecified atom stereocenters. The zero-order valence-corrected chi connectivity index (χ0v) is 12.1. The maximum atomic E-state index is 10.4. The number of nitrogens with zero attached hydrogens (tertiary/aromatic N) is 1. The summed E-state index contributed by atoms with van der Waals surface area (Å²) in [6, 6.07) is 14.0. The van der Waals surface area contributed by atoms with E-state index in [1.54, 1.807) is 0 Å². The molecule has 0 saturated heterocycles. The number of rotatable bonds is 4. The Balaban J connectivity index is 2.25. The molecule has 104 valence electrons. The molecule has 3 nitrogen and oxygen atoms in total. The van der Waals surface area contributed by atoms with Crippen LogP contribution >= 0.6 is 0 Å². The predicted molar refractivity (Wildman–Crippen MR) is 81.4 cm³/mol. The van der Waals surface area contributed by atoms with E-state index in [4.69, 9.17) is 5.26 Å². The second-order valence-electron chi connectivity index (χ2n) is 5.82. The zero-order valence-electron chi connectivity index (χ0n) is 12.1. The number of aromatic hydroxyl groups is 1. The van der Waals surface area contributed by atoms with E-state index >= 15 is 0 Å². The molecule has 0 aliphatic heterocycles. The van der Waals surface area contributed by atoms with Gasteiger partial charge in [0, 0.05) is 23.5 Å². The topological polar surface area (TPSA) is 56.0 Å². The van der Waals surface area contributed by atoms with Crippen LogP contribution in [0.1, 0.15) is 32.4 Å². The van der Waals surface area contributed by atoms with Crippen LogP contribution < -0.4 is 5.32 Å². The third-order valence-corrected chi connectivity index (χ3v) is 3.55. The highest BCUT2D eigenvalue weighted by atomic mass is 16.3. The van der Waals surface area contributed by atoms with Crippen LogP contribution in [0.2, 0.25) is 0 Å². The Kier molecular flexibility index (Phi) is 3.96. The Morgan fingerprint density at radius 3 is 2.65 bits per heavy atom. The van der Waals surface area contributed by atoms with Crippen LogP contribution in [0.3, 0.4) is 0 Å². The molecule has 2 aromatic carbocycles. The highest BCUT2D eigenvalue weighted by Crippen LogP contribution is 2.32. The van der Waals surface area contributed by atoms with Crippen molar-refractivity contribution in [3.63, 3.8) is 0 Å². The van der Waals surface area contributed by atoms with Crippen molar-refractivity contribution >= 4 is 10.8 Å². The average molecular weight is 268 g/mol. The van der Waals surface area contributed by atoms with Gasteiger partial charge in [0.1, 0.15) is 5.75 Å². The van der Waals surface area contributed by atoms with Gasteiger partial charge in [-0.15, -0.1) is 0 Å². The molecule has 0 spiro atoms. The molecular weight excluding hydrogens is 248 g/mol. The van der Waals surface area contributed by atoms with Gasteiger partial charge in [0.25, 0.3) is 0 Å². The van der Waals surface area contributed by atoms with Crippen molar-refractivity contribution in [2.45, 2.75) is 26.8 Å². The lowest BCUT2D eigenvalue weighted by atomic mass is 9.94. The Hall–Kier alpha value is -2.05. The second kappa shape index (κ2) is 5.52. The Morgan fingerprint density at radius 2 is 1.95 bits per heavy atom. The summed E-state index contributed by atoms with van der Waals surface area (Å²) in [5.41, 5.74) is 0.443. The van der Waals surface area contributed by atoms with E-state index in [9.17, 15) is 5.11 Å². The zero-order chi connectivity index (χ0) is 14.8. The van der Waals surface area contributed by atoms with Gasteiger partial charge in [0.2, 0.25) is 0 Å². The molecule has 20 heavy (non-hydrogen) atoms. The molecule has 0 aromatic heterocycles. The minimum atomic E-state index is -0.416. The molecule has 0 heterocycles. The van der Waals surface area contributed by atoms with Gasteiger partial charge in [0.05, 0.1) is 11.5 Å². The van der Waals surface area contributed by atoms with Crippen molar-refractivity contribution in [3.8, 4) is 11.8 Å². The quantitative estimate of drug-likeness (QED) is 0.888. The lowest BCUT2D eigenvalue weighted by Gasteiger charge is -2.21. The van der Waals surface area contributed by atoms with Gasteiger partial charge in [-0.3, -0.25) is 0 Å². The van der Waals surface area contributed by atoms with Gasteiger partial charge < -0.3 is 10.4 Å². The molecule has 3 heteroatoms. The maximum Gasteiger partial charge on any atom is 0.128 e. The molecule has 2 rings (SSSR count). The van der Waals surface area contributed by atoms with Crippen molar-refractivity contribution < 1.29 is 5.11 Å². The van der Waals surface area contributed by atoms with Crippen molar-refractivity contribution in [2.24, 2.45) is 5.41 Å². The summed E-state index contributed by atoms with van der Waals surface area (Å²) in [5, 5.41) is 24.6. The third-order valence-electron chi connectivity index (χ3n) is 3.55. The molecule has 0 radical (unpaired) electrons. The first-order valence-electron chi connectivity index (χ1n) is 6.80. The minimum Gasteiger partial charge on any atom is -0.507 e. The number of phenols is 1. The lowest BCUT2D eigenvalue weighted by Crippen LogP contribution is -2.30. The fourth-order valence-electron chi connectivity index (χ4n) is 2.18. The molecule has 0 amide bonds. The molecule has 0 saturated carbocycles. The number of nitrogens with one attached hydrogen (secondary N) is 1. The van der Waals surface area contributed by atoms with Gasteiger partial charge in [-0.2, -0.15) is 5.26 Å². The smallest absolute Gasteiger partial charge is 0.128 e. The first-order chi connectivity index (χ1) is 9.44. The second-order valence-corrected chi connectivity index (χ2v) is 5.82. The van der Waals surface area contributed by atoms with Gasteiger partial charge in [-0.1, -0.05) is 36.4 Å². The Labute approximate surface area is 119 Å². The van der Waals surface area contributed by atoms with Crippen LogP contribution in [-0.4, -0.2) is 11.7 Å². The number of hydrogen-bond donors (Lipinski definition) is 2. The molecule has 0 aliphatic rings. The maximum absolute atomic E-state index is 10.4. The van der Waals surface area contributed by atoms with Crippen LogP contribution in [0.5, 0.6) is 5.75 Å². The molecule has 1 atom stereocenters. The van der Waals surface area contributed by atoms with Crippen LogP contribution in [0.15, 0.2) is 36.4 Å². The van der Waals surface area contributed by atoms with E-state index in [1.807, 2.05) is 57.2 Å². The van der Waals surface area contributed by atoms with Crippen LogP contribution in [0, 0.1) is 16.7 Å². The lowest BCUT2D eigenvalue weighted by molar-refractivity contribution is 0.404. The summed E-state index contributed by atoms with van der Waals surface area (Å²) in [7, 11) is 0. The summed E-state index contributed by atoms with van der Waals surface area (Å²) in [5.74, 6) is 0.317. The fraction of sp³-hybridized carbons (Fsp3) is 0.353. The van der Waals surface area contributed by atoms with Gasteiger partial charge in [0.15, 0.2) is 0 Å². The largest absolute Gasteiger partial charge is 0.507 e. The third kappa shape index (κ3) is 2.92. The number of fused-ring (bicyclic) bond motifs is 1. The Morgan fingerprint density at radius 1 is 1.25 bits per heavy atom. The van der Waals surface area contributed by atoms with E-state index in [1.165, 1.54) is 0 Å². The molecule has 0 fully saturated rings. The summed E-state index contributed by atoms with van der Waals surface area (Å²) < 4.78 is 0. The van der Waals surface area contributed by atoms with E-state index in [-0.39, 0.29) is 6.04 Å². The molecule has 0 bridgehead atoms. The van der Waals surface area contributed by atoms with Crippen LogP contribution in [0.25, 0.3) is 10.8 Å². The van der Waals surface area contributed by atoms with Gasteiger partial charge >= 0.3 is 0 Å². The molecule has 2 N–H and O–H groups in total. The molecule has 0 aliphatic carbocycles. The standard InChI is InChI=1S/C17H20N2O/c1-12(19-11-17(2,3)10-18)14-9-8-13-6-4-5-7-15(13)16(14)20/h4-9,12,19-20H,11H2,1-3H3. The summed E-state index contributed by atoms with van der Waals surface area (Å²) in [6.45, 7) is 6.37. The average Bonchev–Trinajstić information content (AvgIpc) is 2.45. The van der Waals surface area contributed by atoms with Crippen molar-refractivity contribution in [1.29, 1.82) is 5.26 Å². The summed E-state index contributed by atoms with van der Waals surface area (Å²) in [6.07, 6.45) is 0. The number of nitriles is 1.